The Morgan fingerprint density at radius 1 is 1.22 bits per heavy atom. The molecule has 0 saturated heterocycles. The van der Waals surface area contributed by atoms with E-state index >= 15 is 0 Å². The lowest BCUT2D eigenvalue weighted by Gasteiger charge is -2.45. The molecular weight excluding hydrogens is 265 g/mol. The molecule has 0 amide bonds. The molecule has 100 valence electrons. The summed E-state index contributed by atoms with van der Waals surface area (Å²) in [4.78, 5) is 0. The molecule has 1 aliphatic rings. The van der Waals surface area contributed by atoms with Crippen LogP contribution in [0.15, 0.2) is 18.2 Å². The Hall–Kier alpha value is -0.240. The Balaban J connectivity index is 2.04. The molecule has 2 rings (SSSR count). The highest BCUT2D eigenvalue weighted by Gasteiger charge is 2.39. The fourth-order valence-electron chi connectivity index (χ4n) is 2.97. The molecule has 1 fully saturated rings. The summed E-state index contributed by atoms with van der Waals surface area (Å²) >= 11 is 12.1. The van der Waals surface area contributed by atoms with Gasteiger partial charge in [0.25, 0.3) is 0 Å². The molecule has 1 aromatic rings. The lowest BCUT2D eigenvalue weighted by Crippen LogP contribution is -2.49. The summed E-state index contributed by atoms with van der Waals surface area (Å²) in [6.45, 7) is 5.60. The highest BCUT2D eigenvalue weighted by Crippen LogP contribution is 2.45. The predicted octanol–water partition coefficient (Wildman–Crippen LogP) is 4.88. The minimum absolute atomic E-state index is 0.638. The Morgan fingerprint density at radius 3 is 2.61 bits per heavy atom. The molecule has 0 radical (unpaired) electrons. The van der Waals surface area contributed by atoms with Crippen LogP contribution in [0.4, 0.5) is 0 Å². The van der Waals surface area contributed by atoms with E-state index in [0.29, 0.717) is 22.0 Å². The second-order valence-electron chi connectivity index (χ2n) is 5.15. The van der Waals surface area contributed by atoms with Gasteiger partial charge in [0, 0.05) is 6.04 Å². The van der Waals surface area contributed by atoms with Gasteiger partial charge in [-0.1, -0.05) is 49.5 Å². The van der Waals surface area contributed by atoms with Crippen molar-refractivity contribution in [1.29, 1.82) is 0 Å². The van der Waals surface area contributed by atoms with E-state index in [1.807, 2.05) is 12.1 Å². The molecule has 1 nitrogen and oxygen atoms in total. The molecule has 18 heavy (non-hydrogen) atoms. The van der Waals surface area contributed by atoms with Crippen molar-refractivity contribution in [2.24, 2.45) is 5.92 Å². The van der Waals surface area contributed by atoms with Gasteiger partial charge in [-0.25, -0.2) is 0 Å². The average molecular weight is 286 g/mol. The van der Waals surface area contributed by atoms with E-state index in [-0.39, 0.29) is 0 Å². The maximum absolute atomic E-state index is 6.10. The third-order valence-corrected chi connectivity index (χ3v) is 4.78. The van der Waals surface area contributed by atoms with E-state index in [1.165, 1.54) is 24.8 Å². The quantitative estimate of drug-likeness (QED) is 0.813. The van der Waals surface area contributed by atoms with Crippen molar-refractivity contribution < 1.29 is 0 Å². The summed E-state index contributed by atoms with van der Waals surface area (Å²) < 4.78 is 0. The molecule has 0 aromatic heterocycles. The van der Waals surface area contributed by atoms with E-state index in [4.69, 9.17) is 23.2 Å². The molecule has 0 heterocycles. The number of rotatable bonds is 5. The van der Waals surface area contributed by atoms with Crippen molar-refractivity contribution in [2.75, 3.05) is 6.54 Å². The van der Waals surface area contributed by atoms with Gasteiger partial charge < -0.3 is 5.32 Å². The lowest BCUT2D eigenvalue weighted by atomic mass is 9.65. The van der Waals surface area contributed by atoms with Crippen molar-refractivity contribution in [3.63, 3.8) is 0 Å². The zero-order chi connectivity index (χ0) is 13.1. The van der Waals surface area contributed by atoms with E-state index in [0.717, 1.165) is 12.5 Å². The molecule has 1 N–H and O–H groups in total. The van der Waals surface area contributed by atoms with Crippen LogP contribution >= 0.6 is 23.2 Å². The predicted molar refractivity (Wildman–Crippen MR) is 79.7 cm³/mol. The second-order valence-corrected chi connectivity index (χ2v) is 5.96. The lowest BCUT2D eigenvalue weighted by molar-refractivity contribution is 0.161. The fourth-order valence-corrected chi connectivity index (χ4v) is 3.27. The number of hydrogen-bond acceptors (Lipinski definition) is 1. The van der Waals surface area contributed by atoms with Gasteiger partial charge in [0.15, 0.2) is 0 Å². The van der Waals surface area contributed by atoms with Crippen molar-refractivity contribution in [3.8, 4) is 0 Å². The van der Waals surface area contributed by atoms with Crippen LogP contribution in [0.25, 0.3) is 0 Å². The minimum atomic E-state index is 0.638. The smallest absolute Gasteiger partial charge is 0.0595 e. The zero-order valence-corrected chi connectivity index (χ0v) is 12.6. The van der Waals surface area contributed by atoms with Crippen molar-refractivity contribution in [3.05, 3.63) is 33.8 Å². The van der Waals surface area contributed by atoms with Crippen molar-refractivity contribution in [1.82, 2.24) is 5.32 Å². The molecule has 1 saturated carbocycles. The first-order valence-electron chi connectivity index (χ1n) is 6.85. The Kier molecular flexibility index (Phi) is 4.94. The highest BCUT2D eigenvalue weighted by atomic mass is 35.5. The van der Waals surface area contributed by atoms with Gasteiger partial charge in [-0.15, -0.1) is 0 Å². The summed E-state index contributed by atoms with van der Waals surface area (Å²) in [6, 6.07) is 6.75. The Morgan fingerprint density at radius 2 is 2.00 bits per heavy atom. The number of hydrogen-bond donors (Lipinski definition) is 1. The van der Waals surface area contributed by atoms with Crippen LogP contribution in [0.3, 0.4) is 0 Å². The maximum atomic E-state index is 6.10. The molecule has 1 aromatic carbocycles. The minimum Gasteiger partial charge on any atom is -0.314 e. The van der Waals surface area contributed by atoms with Crippen LogP contribution < -0.4 is 5.32 Å². The van der Waals surface area contributed by atoms with Gasteiger partial charge in [-0.05, 0) is 48.9 Å². The molecule has 1 aliphatic carbocycles. The van der Waals surface area contributed by atoms with Crippen LogP contribution in [0.2, 0.25) is 10.0 Å². The summed E-state index contributed by atoms with van der Waals surface area (Å²) in [5.74, 6) is 1.37. The average Bonchev–Trinajstić information content (AvgIpc) is 2.33. The summed E-state index contributed by atoms with van der Waals surface area (Å²) in [5.41, 5.74) is 1.34. The monoisotopic (exact) mass is 285 g/mol. The third kappa shape index (κ3) is 2.84. The maximum Gasteiger partial charge on any atom is 0.0595 e. The van der Waals surface area contributed by atoms with Crippen LogP contribution in [-0.2, 0) is 0 Å². The van der Waals surface area contributed by atoms with Crippen molar-refractivity contribution >= 4 is 23.2 Å². The SMILES string of the molecule is CCCNC1CC(c2ccc(Cl)c(Cl)c2)C1CC. The highest BCUT2D eigenvalue weighted by molar-refractivity contribution is 6.42. The third-order valence-electron chi connectivity index (χ3n) is 4.04. The zero-order valence-electron chi connectivity index (χ0n) is 11.0. The Bertz CT molecular complexity index is 405. The molecule has 3 heteroatoms. The molecule has 0 aliphatic heterocycles. The van der Waals surface area contributed by atoms with E-state index in [1.54, 1.807) is 0 Å². The molecule has 0 spiro atoms. The van der Waals surface area contributed by atoms with Crippen LogP contribution in [-0.4, -0.2) is 12.6 Å². The number of halogens is 2. The van der Waals surface area contributed by atoms with E-state index < -0.39 is 0 Å². The fraction of sp³-hybridized carbons (Fsp3) is 0.600. The van der Waals surface area contributed by atoms with Gasteiger partial charge in [-0.2, -0.15) is 0 Å². The Labute approximate surface area is 120 Å². The van der Waals surface area contributed by atoms with Gasteiger partial charge in [-0.3, -0.25) is 0 Å². The summed E-state index contributed by atoms with van der Waals surface area (Å²) in [5, 5.41) is 4.96. The largest absolute Gasteiger partial charge is 0.314 e. The first-order chi connectivity index (χ1) is 8.67. The van der Waals surface area contributed by atoms with Crippen LogP contribution in [0.1, 0.15) is 44.6 Å². The van der Waals surface area contributed by atoms with Gasteiger partial charge in [0.2, 0.25) is 0 Å². The molecule has 0 bridgehead atoms. The standard InChI is InChI=1S/C15H21Cl2N/c1-3-7-18-15-9-12(11(15)4-2)10-5-6-13(16)14(17)8-10/h5-6,8,11-12,15,18H,3-4,7,9H2,1-2H3. The number of nitrogens with one attached hydrogen (secondary N) is 1. The first-order valence-corrected chi connectivity index (χ1v) is 7.61. The van der Waals surface area contributed by atoms with Crippen LogP contribution in [0.5, 0.6) is 0 Å². The molecule has 3 unspecified atom stereocenters. The molecule has 3 atom stereocenters. The number of benzene rings is 1. The van der Waals surface area contributed by atoms with Gasteiger partial charge >= 0.3 is 0 Å². The van der Waals surface area contributed by atoms with Gasteiger partial charge in [0.05, 0.1) is 10.0 Å². The van der Waals surface area contributed by atoms with Crippen LogP contribution in [0, 0.1) is 5.92 Å². The topological polar surface area (TPSA) is 12.0 Å². The summed E-state index contributed by atoms with van der Waals surface area (Å²) in [6.07, 6.45) is 3.63. The van der Waals surface area contributed by atoms with Gasteiger partial charge in [0.1, 0.15) is 0 Å². The van der Waals surface area contributed by atoms with E-state index in [2.05, 4.69) is 25.2 Å². The van der Waals surface area contributed by atoms with E-state index in [9.17, 15) is 0 Å². The van der Waals surface area contributed by atoms with Crippen molar-refractivity contribution in [2.45, 2.75) is 45.1 Å². The second kappa shape index (κ2) is 6.27. The first kappa shape index (κ1) is 14.2. The summed E-state index contributed by atoms with van der Waals surface area (Å²) in [7, 11) is 0. The molecular formula is C15H21Cl2N. The normalized spacial score (nSPS) is 27.0.